The molecule has 4 rings (SSSR count). The van der Waals surface area contributed by atoms with Crippen LogP contribution in [-0.4, -0.2) is 20.9 Å². The van der Waals surface area contributed by atoms with Crippen LogP contribution in [0, 0.1) is 18.3 Å². The van der Waals surface area contributed by atoms with Gasteiger partial charge in [0.2, 0.25) is 11.9 Å². The standard InChI is InChI=1S/C22H20N6O/c1-14-9-18(5-3-15(14)10-23)28-20(29)22(7-2-8-22)17-4-6-19(25-13-17)16-11-26-21(24)27-12-16/h3-6,9,11-13H,2,7-8H2,1H3,(H,28,29)(H2,24,26,27). The van der Waals surface area contributed by atoms with E-state index < -0.39 is 5.41 Å². The Labute approximate surface area is 168 Å². The van der Waals surface area contributed by atoms with Gasteiger partial charge in [0, 0.05) is 29.8 Å². The van der Waals surface area contributed by atoms with E-state index in [-0.39, 0.29) is 11.9 Å². The molecule has 0 radical (unpaired) electrons. The molecule has 1 saturated carbocycles. The van der Waals surface area contributed by atoms with Crippen LogP contribution in [0.15, 0.2) is 48.9 Å². The average molecular weight is 384 g/mol. The number of rotatable bonds is 4. The first-order valence-corrected chi connectivity index (χ1v) is 9.38. The fraction of sp³-hybridized carbons (Fsp3) is 0.227. The van der Waals surface area contributed by atoms with E-state index in [1.807, 2.05) is 25.1 Å². The van der Waals surface area contributed by atoms with Gasteiger partial charge >= 0.3 is 0 Å². The Bertz CT molecular complexity index is 1100. The first-order valence-electron chi connectivity index (χ1n) is 9.38. The van der Waals surface area contributed by atoms with Crippen molar-refractivity contribution in [3.63, 3.8) is 0 Å². The molecule has 2 aromatic heterocycles. The second kappa shape index (κ2) is 7.32. The van der Waals surface area contributed by atoms with Crippen LogP contribution in [-0.2, 0) is 10.2 Å². The SMILES string of the molecule is Cc1cc(NC(=O)C2(c3ccc(-c4cnc(N)nc4)nc3)CCC2)ccc1C#N. The average Bonchev–Trinajstić information content (AvgIpc) is 2.68. The van der Waals surface area contributed by atoms with Gasteiger partial charge in [-0.2, -0.15) is 5.26 Å². The quantitative estimate of drug-likeness (QED) is 0.712. The molecular formula is C22H20N6O. The van der Waals surface area contributed by atoms with Crippen LogP contribution in [0.1, 0.15) is 36.0 Å². The van der Waals surface area contributed by atoms with Crippen molar-refractivity contribution in [2.45, 2.75) is 31.6 Å². The number of carbonyl (C=O) groups is 1. The molecule has 7 heteroatoms. The number of nitrogens with two attached hydrogens (primary N) is 1. The zero-order valence-electron chi connectivity index (χ0n) is 16.0. The predicted molar refractivity (Wildman–Crippen MR) is 110 cm³/mol. The third-order valence-corrected chi connectivity index (χ3v) is 5.53. The van der Waals surface area contributed by atoms with Gasteiger partial charge in [0.15, 0.2) is 0 Å². The summed E-state index contributed by atoms with van der Waals surface area (Å²) >= 11 is 0. The van der Waals surface area contributed by atoms with E-state index in [4.69, 9.17) is 11.0 Å². The monoisotopic (exact) mass is 384 g/mol. The number of nitriles is 1. The molecule has 1 aliphatic carbocycles. The van der Waals surface area contributed by atoms with Gasteiger partial charge in [-0.05, 0) is 55.2 Å². The molecule has 144 valence electrons. The summed E-state index contributed by atoms with van der Waals surface area (Å²) in [6.07, 6.45) is 7.56. The Morgan fingerprint density at radius 3 is 2.45 bits per heavy atom. The third kappa shape index (κ3) is 3.41. The molecule has 1 fully saturated rings. The molecule has 3 N–H and O–H groups in total. The summed E-state index contributed by atoms with van der Waals surface area (Å²) in [7, 11) is 0. The van der Waals surface area contributed by atoms with Crippen molar-refractivity contribution >= 4 is 17.5 Å². The van der Waals surface area contributed by atoms with Gasteiger partial charge < -0.3 is 11.1 Å². The number of anilines is 2. The zero-order chi connectivity index (χ0) is 20.4. The summed E-state index contributed by atoms with van der Waals surface area (Å²) in [4.78, 5) is 25.6. The molecule has 1 amide bonds. The maximum Gasteiger partial charge on any atom is 0.235 e. The van der Waals surface area contributed by atoms with E-state index in [1.54, 1.807) is 30.7 Å². The van der Waals surface area contributed by atoms with Crippen LogP contribution in [0.25, 0.3) is 11.3 Å². The molecule has 1 aromatic carbocycles. The highest BCUT2D eigenvalue weighted by molar-refractivity contribution is 6.00. The van der Waals surface area contributed by atoms with E-state index in [2.05, 4.69) is 26.3 Å². The molecule has 0 saturated heterocycles. The number of aromatic nitrogens is 3. The Hall–Kier alpha value is -3.79. The summed E-state index contributed by atoms with van der Waals surface area (Å²) in [5.74, 6) is 0.173. The number of amides is 1. The van der Waals surface area contributed by atoms with Crippen molar-refractivity contribution in [3.05, 3.63) is 65.6 Å². The number of hydrogen-bond acceptors (Lipinski definition) is 6. The van der Waals surface area contributed by atoms with Crippen molar-refractivity contribution in [1.29, 1.82) is 5.26 Å². The highest BCUT2D eigenvalue weighted by atomic mass is 16.2. The largest absolute Gasteiger partial charge is 0.368 e. The van der Waals surface area contributed by atoms with Crippen molar-refractivity contribution in [3.8, 4) is 17.3 Å². The molecule has 3 aromatic rings. The van der Waals surface area contributed by atoms with Gasteiger partial charge in [-0.3, -0.25) is 9.78 Å². The van der Waals surface area contributed by atoms with Crippen LogP contribution in [0.5, 0.6) is 0 Å². The van der Waals surface area contributed by atoms with Crippen molar-refractivity contribution < 1.29 is 4.79 Å². The van der Waals surface area contributed by atoms with Crippen molar-refractivity contribution in [2.75, 3.05) is 11.1 Å². The van der Waals surface area contributed by atoms with Crippen LogP contribution < -0.4 is 11.1 Å². The number of pyridine rings is 1. The summed E-state index contributed by atoms with van der Waals surface area (Å²) < 4.78 is 0. The highest BCUT2D eigenvalue weighted by Crippen LogP contribution is 2.44. The molecule has 0 aliphatic heterocycles. The molecule has 0 unspecified atom stereocenters. The Morgan fingerprint density at radius 1 is 1.14 bits per heavy atom. The Balaban J connectivity index is 1.57. The van der Waals surface area contributed by atoms with Gasteiger partial charge in [-0.25, -0.2) is 9.97 Å². The molecule has 2 heterocycles. The minimum atomic E-state index is -0.578. The normalized spacial score (nSPS) is 14.5. The van der Waals surface area contributed by atoms with Crippen LogP contribution in [0.4, 0.5) is 11.6 Å². The molecule has 0 bridgehead atoms. The van der Waals surface area contributed by atoms with E-state index in [1.165, 1.54) is 0 Å². The summed E-state index contributed by atoms with van der Waals surface area (Å²) in [6.45, 7) is 1.86. The summed E-state index contributed by atoms with van der Waals surface area (Å²) in [6, 6.07) is 11.3. The van der Waals surface area contributed by atoms with Crippen LogP contribution in [0.2, 0.25) is 0 Å². The second-order valence-electron chi connectivity index (χ2n) is 7.29. The number of nitrogen functional groups attached to an aromatic ring is 1. The lowest BCUT2D eigenvalue weighted by Gasteiger charge is -2.40. The second-order valence-corrected chi connectivity index (χ2v) is 7.29. The fourth-order valence-electron chi connectivity index (χ4n) is 3.61. The maximum atomic E-state index is 13.1. The third-order valence-electron chi connectivity index (χ3n) is 5.53. The molecule has 7 nitrogen and oxygen atoms in total. The Morgan fingerprint density at radius 2 is 1.90 bits per heavy atom. The first kappa shape index (κ1) is 18.6. The first-order chi connectivity index (χ1) is 14.0. The minimum Gasteiger partial charge on any atom is -0.368 e. The topological polar surface area (TPSA) is 118 Å². The maximum absolute atomic E-state index is 13.1. The predicted octanol–water partition coefficient (Wildman–Crippen LogP) is 3.36. The molecule has 1 aliphatic rings. The van der Waals surface area contributed by atoms with E-state index in [9.17, 15) is 4.79 Å². The molecule has 0 atom stereocenters. The van der Waals surface area contributed by atoms with Gasteiger partial charge in [0.1, 0.15) is 0 Å². The number of nitrogens with one attached hydrogen (secondary N) is 1. The summed E-state index contributed by atoms with van der Waals surface area (Å²) in [5, 5.41) is 12.1. The smallest absolute Gasteiger partial charge is 0.235 e. The van der Waals surface area contributed by atoms with Gasteiger partial charge in [0.25, 0.3) is 0 Å². The van der Waals surface area contributed by atoms with Gasteiger partial charge in [-0.15, -0.1) is 0 Å². The lowest BCUT2D eigenvalue weighted by Crippen LogP contribution is -2.46. The highest BCUT2D eigenvalue weighted by Gasteiger charge is 2.45. The minimum absolute atomic E-state index is 0.0433. The van der Waals surface area contributed by atoms with E-state index in [0.717, 1.165) is 41.6 Å². The van der Waals surface area contributed by atoms with E-state index >= 15 is 0 Å². The lowest BCUT2D eigenvalue weighted by atomic mass is 9.64. The Kier molecular flexibility index (Phi) is 4.69. The number of aryl methyl sites for hydroxylation is 1. The number of carbonyl (C=O) groups excluding carboxylic acids is 1. The molecule has 29 heavy (non-hydrogen) atoms. The molecular weight excluding hydrogens is 364 g/mol. The summed E-state index contributed by atoms with van der Waals surface area (Å²) in [5.41, 5.74) is 9.48. The van der Waals surface area contributed by atoms with Crippen molar-refractivity contribution in [1.82, 2.24) is 15.0 Å². The van der Waals surface area contributed by atoms with E-state index in [0.29, 0.717) is 11.3 Å². The molecule has 0 spiro atoms. The van der Waals surface area contributed by atoms with Gasteiger partial charge in [-0.1, -0.05) is 12.5 Å². The number of hydrogen-bond donors (Lipinski definition) is 2. The number of benzene rings is 1. The zero-order valence-corrected chi connectivity index (χ0v) is 16.0. The van der Waals surface area contributed by atoms with Crippen LogP contribution in [0.3, 0.4) is 0 Å². The lowest BCUT2D eigenvalue weighted by molar-refractivity contribution is -0.124. The van der Waals surface area contributed by atoms with Crippen molar-refractivity contribution in [2.24, 2.45) is 0 Å². The number of nitrogens with zero attached hydrogens (tertiary/aromatic N) is 4. The van der Waals surface area contributed by atoms with Gasteiger partial charge in [0.05, 0.1) is 22.7 Å². The fourth-order valence-corrected chi connectivity index (χ4v) is 3.61. The van der Waals surface area contributed by atoms with Crippen LogP contribution >= 0.6 is 0 Å².